The highest BCUT2D eigenvalue weighted by atomic mass is 32.1. The number of likely N-dealkylation sites (tertiary alicyclic amines) is 1. The molecule has 7 nitrogen and oxygen atoms in total. The van der Waals surface area contributed by atoms with Crippen molar-refractivity contribution in [2.45, 2.75) is 26.2 Å². The Morgan fingerprint density at radius 2 is 2.00 bits per heavy atom. The monoisotopic (exact) mass is 370 g/mol. The highest BCUT2D eigenvalue weighted by Crippen LogP contribution is 2.27. The summed E-state index contributed by atoms with van der Waals surface area (Å²) in [4.78, 5) is 31.4. The SMILES string of the molecule is Cc1nonc1CC(=O)N1CCC(C(=O)c2nc3ccccc3s2)CC1. The highest BCUT2D eigenvalue weighted by molar-refractivity contribution is 7.20. The zero-order valence-electron chi connectivity index (χ0n) is 14.3. The van der Waals surface area contributed by atoms with E-state index in [1.807, 2.05) is 24.3 Å². The smallest absolute Gasteiger partial charge is 0.228 e. The highest BCUT2D eigenvalue weighted by Gasteiger charge is 2.30. The number of amides is 1. The maximum absolute atomic E-state index is 12.8. The molecule has 0 unspecified atom stereocenters. The molecular weight excluding hydrogens is 352 g/mol. The van der Waals surface area contributed by atoms with Gasteiger partial charge in [-0.2, -0.15) is 0 Å². The van der Waals surface area contributed by atoms with E-state index >= 15 is 0 Å². The summed E-state index contributed by atoms with van der Waals surface area (Å²) in [5, 5.41) is 8.02. The van der Waals surface area contributed by atoms with Gasteiger partial charge in [-0.25, -0.2) is 9.61 Å². The molecule has 0 aliphatic carbocycles. The van der Waals surface area contributed by atoms with Crippen molar-refractivity contribution in [2.24, 2.45) is 5.92 Å². The predicted octanol–water partition coefficient (Wildman–Crippen LogP) is 2.65. The van der Waals surface area contributed by atoms with Gasteiger partial charge in [0.2, 0.25) is 5.91 Å². The first-order valence-electron chi connectivity index (χ1n) is 8.57. The van der Waals surface area contributed by atoms with E-state index in [1.54, 1.807) is 11.8 Å². The molecule has 0 bridgehead atoms. The van der Waals surface area contributed by atoms with Gasteiger partial charge in [0.25, 0.3) is 0 Å². The average molecular weight is 370 g/mol. The predicted molar refractivity (Wildman–Crippen MR) is 96.0 cm³/mol. The molecule has 4 rings (SSSR count). The normalized spacial score (nSPS) is 15.5. The van der Waals surface area contributed by atoms with Crippen molar-refractivity contribution in [2.75, 3.05) is 13.1 Å². The molecule has 0 spiro atoms. The molecule has 1 aliphatic heterocycles. The van der Waals surface area contributed by atoms with Crippen LogP contribution in [0, 0.1) is 12.8 Å². The Labute approximate surface area is 154 Å². The minimum absolute atomic E-state index is 0.00492. The fourth-order valence-corrected chi connectivity index (χ4v) is 4.19. The molecule has 3 heterocycles. The van der Waals surface area contributed by atoms with Crippen LogP contribution in [0.3, 0.4) is 0 Å². The maximum atomic E-state index is 12.8. The molecule has 1 fully saturated rings. The summed E-state index contributed by atoms with van der Waals surface area (Å²) < 4.78 is 5.66. The number of piperidine rings is 1. The molecule has 8 heteroatoms. The van der Waals surface area contributed by atoms with Gasteiger partial charge in [0, 0.05) is 19.0 Å². The number of fused-ring (bicyclic) bond motifs is 1. The molecule has 2 aromatic heterocycles. The lowest BCUT2D eigenvalue weighted by Gasteiger charge is -2.30. The number of rotatable bonds is 4. The summed E-state index contributed by atoms with van der Waals surface area (Å²) in [6.45, 7) is 2.91. The first kappa shape index (κ1) is 16.8. The van der Waals surface area contributed by atoms with Crippen molar-refractivity contribution in [3.63, 3.8) is 0 Å². The van der Waals surface area contributed by atoms with Crippen molar-refractivity contribution >= 4 is 33.2 Å². The lowest BCUT2D eigenvalue weighted by atomic mass is 9.92. The van der Waals surface area contributed by atoms with Gasteiger partial charge < -0.3 is 4.90 Å². The quantitative estimate of drug-likeness (QED) is 0.656. The number of hydrogen-bond donors (Lipinski definition) is 0. The van der Waals surface area contributed by atoms with E-state index in [4.69, 9.17) is 0 Å². The van der Waals surface area contributed by atoms with Crippen LogP contribution in [0.1, 0.15) is 34.0 Å². The van der Waals surface area contributed by atoms with Gasteiger partial charge >= 0.3 is 0 Å². The molecule has 1 saturated heterocycles. The van der Waals surface area contributed by atoms with Crippen LogP contribution in [0.2, 0.25) is 0 Å². The van der Waals surface area contributed by atoms with Crippen molar-refractivity contribution in [1.29, 1.82) is 0 Å². The fourth-order valence-electron chi connectivity index (χ4n) is 3.21. The minimum Gasteiger partial charge on any atom is -0.342 e. The molecule has 134 valence electrons. The second kappa shape index (κ2) is 6.95. The Bertz CT molecular complexity index is 923. The number of hydrogen-bond acceptors (Lipinski definition) is 7. The third-order valence-electron chi connectivity index (χ3n) is 4.79. The Balaban J connectivity index is 1.37. The summed E-state index contributed by atoms with van der Waals surface area (Å²) in [5.74, 6) is 0.0135. The topological polar surface area (TPSA) is 89.2 Å². The number of para-hydroxylation sites is 1. The molecule has 1 aliphatic rings. The van der Waals surface area contributed by atoms with Crippen LogP contribution in [0.25, 0.3) is 10.2 Å². The van der Waals surface area contributed by atoms with Gasteiger partial charge in [0.05, 0.1) is 16.6 Å². The van der Waals surface area contributed by atoms with E-state index in [0.29, 0.717) is 42.3 Å². The largest absolute Gasteiger partial charge is 0.342 e. The van der Waals surface area contributed by atoms with Crippen molar-refractivity contribution in [3.05, 3.63) is 40.7 Å². The fraction of sp³-hybridized carbons (Fsp3) is 0.389. The number of nitrogens with zero attached hydrogens (tertiary/aromatic N) is 4. The maximum Gasteiger partial charge on any atom is 0.228 e. The summed E-state index contributed by atoms with van der Waals surface area (Å²) in [5.41, 5.74) is 2.08. The minimum atomic E-state index is -0.0740. The molecule has 0 atom stereocenters. The number of aromatic nitrogens is 3. The van der Waals surface area contributed by atoms with Gasteiger partial charge in [0.15, 0.2) is 10.8 Å². The van der Waals surface area contributed by atoms with Crippen LogP contribution in [0.5, 0.6) is 0 Å². The number of aryl methyl sites for hydroxylation is 1. The molecule has 0 radical (unpaired) electrons. The number of thiazole rings is 1. The molecule has 1 amide bonds. The van der Waals surface area contributed by atoms with Gasteiger partial charge in [-0.15, -0.1) is 11.3 Å². The van der Waals surface area contributed by atoms with Crippen LogP contribution in [0.4, 0.5) is 0 Å². The molecule has 26 heavy (non-hydrogen) atoms. The summed E-state index contributed by atoms with van der Waals surface area (Å²) >= 11 is 1.44. The van der Waals surface area contributed by atoms with Crippen molar-refractivity contribution in [3.8, 4) is 0 Å². The van der Waals surface area contributed by atoms with E-state index in [1.165, 1.54) is 11.3 Å². The number of Topliss-reactive ketones (excluding diaryl/α,β-unsaturated/α-hetero) is 1. The number of benzene rings is 1. The van der Waals surface area contributed by atoms with Gasteiger partial charge in [-0.1, -0.05) is 22.4 Å². The van der Waals surface area contributed by atoms with Gasteiger partial charge in [0.1, 0.15) is 11.4 Å². The Morgan fingerprint density at radius 3 is 2.69 bits per heavy atom. The lowest BCUT2D eigenvalue weighted by Crippen LogP contribution is -2.41. The zero-order chi connectivity index (χ0) is 18.1. The Morgan fingerprint density at radius 1 is 1.23 bits per heavy atom. The Hall–Kier alpha value is -2.61. The lowest BCUT2D eigenvalue weighted by molar-refractivity contribution is -0.131. The van der Waals surface area contributed by atoms with Crippen molar-refractivity contribution < 1.29 is 14.2 Å². The molecule has 0 N–H and O–H groups in total. The van der Waals surface area contributed by atoms with E-state index in [-0.39, 0.29) is 24.0 Å². The van der Waals surface area contributed by atoms with Crippen LogP contribution in [0.15, 0.2) is 28.9 Å². The first-order chi connectivity index (χ1) is 12.6. The third kappa shape index (κ3) is 3.24. The number of carbonyl (C=O) groups excluding carboxylic acids is 2. The van der Waals surface area contributed by atoms with Crippen molar-refractivity contribution in [1.82, 2.24) is 20.2 Å². The molecule has 1 aromatic carbocycles. The number of ketones is 1. The summed E-state index contributed by atoms with van der Waals surface area (Å²) in [7, 11) is 0. The van der Waals surface area contributed by atoms with E-state index in [9.17, 15) is 9.59 Å². The van der Waals surface area contributed by atoms with E-state index in [0.717, 1.165) is 10.2 Å². The van der Waals surface area contributed by atoms with Crippen LogP contribution < -0.4 is 0 Å². The van der Waals surface area contributed by atoms with Crippen LogP contribution in [-0.4, -0.2) is 45.0 Å². The molecular formula is C18H18N4O3S. The zero-order valence-corrected chi connectivity index (χ0v) is 15.2. The summed E-state index contributed by atoms with van der Waals surface area (Å²) in [6, 6.07) is 7.77. The Kier molecular flexibility index (Phi) is 4.50. The molecule has 0 saturated carbocycles. The van der Waals surface area contributed by atoms with Gasteiger partial charge in [-0.3, -0.25) is 9.59 Å². The standard InChI is InChI=1S/C18H18N4O3S/c1-11-14(21-25-20-11)10-16(23)22-8-6-12(7-9-22)17(24)18-19-13-4-2-3-5-15(13)26-18/h2-5,12H,6-10H2,1H3. The number of carbonyl (C=O) groups is 2. The second-order valence-corrected chi connectivity index (χ2v) is 7.51. The average Bonchev–Trinajstić information content (AvgIpc) is 3.27. The molecule has 3 aromatic rings. The van der Waals surface area contributed by atoms with E-state index < -0.39 is 0 Å². The van der Waals surface area contributed by atoms with Gasteiger partial charge in [-0.05, 0) is 31.9 Å². The first-order valence-corrected chi connectivity index (χ1v) is 9.39. The second-order valence-electron chi connectivity index (χ2n) is 6.48. The van der Waals surface area contributed by atoms with Crippen LogP contribution >= 0.6 is 11.3 Å². The van der Waals surface area contributed by atoms with Crippen LogP contribution in [-0.2, 0) is 11.2 Å². The van der Waals surface area contributed by atoms with E-state index in [2.05, 4.69) is 19.9 Å². The third-order valence-corrected chi connectivity index (χ3v) is 5.84. The summed E-state index contributed by atoms with van der Waals surface area (Å²) in [6.07, 6.45) is 1.51.